The molecule has 0 fully saturated rings. The molecule has 0 unspecified atom stereocenters. The van der Waals surface area contributed by atoms with Crippen LogP contribution in [0.1, 0.15) is 17.5 Å². The second-order valence-corrected chi connectivity index (χ2v) is 5.28. The first-order valence-corrected chi connectivity index (χ1v) is 7.26. The van der Waals surface area contributed by atoms with Gasteiger partial charge >= 0.3 is 0 Å². The van der Waals surface area contributed by atoms with E-state index in [-0.39, 0.29) is 0 Å². The van der Waals surface area contributed by atoms with E-state index >= 15 is 0 Å². The van der Waals surface area contributed by atoms with Crippen LogP contribution in [0.15, 0.2) is 24.3 Å². The maximum atomic E-state index is 4.98. The van der Waals surface area contributed by atoms with Crippen molar-refractivity contribution >= 4 is 11.3 Å². The summed E-state index contributed by atoms with van der Waals surface area (Å²) in [6.45, 7) is 4.44. The molecule has 19 heavy (non-hydrogen) atoms. The predicted molar refractivity (Wildman–Crippen MR) is 78.3 cm³/mol. The number of hydrogen-bond acceptors (Lipinski definition) is 5. The number of benzene rings is 1. The van der Waals surface area contributed by atoms with Crippen LogP contribution in [-0.4, -0.2) is 30.5 Å². The number of aryl methyl sites for hydroxylation is 1. The average Bonchev–Trinajstić information content (AvgIpc) is 2.92. The monoisotopic (exact) mass is 277 g/mol. The molecule has 0 aliphatic heterocycles. The van der Waals surface area contributed by atoms with E-state index in [1.165, 1.54) is 5.56 Å². The highest BCUT2D eigenvalue weighted by molar-refractivity contribution is 7.14. The Morgan fingerprint density at radius 1 is 1.21 bits per heavy atom. The normalized spacial score (nSPS) is 10.8. The molecular formula is C14H19N3OS. The van der Waals surface area contributed by atoms with Crippen molar-refractivity contribution in [2.75, 3.05) is 20.3 Å². The van der Waals surface area contributed by atoms with Crippen molar-refractivity contribution in [2.24, 2.45) is 0 Å². The molecular weight excluding hydrogens is 258 g/mol. The Hall–Kier alpha value is -1.30. The third-order valence-electron chi connectivity index (χ3n) is 2.84. The average molecular weight is 277 g/mol. The minimum atomic E-state index is 0.712. The molecule has 0 bridgehead atoms. The molecule has 4 nitrogen and oxygen atoms in total. The van der Waals surface area contributed by atoms with E-state index in [0.717, 1.165) is 35.1 Å². The summed E-state index contributed by atoms with van der Waals surface area (Å²) in [7, 11) is 1.70. The van der Waals surface area contributed by atoms with Crippen molar-refractivity contribution in [2.45, 2.75) is 19.9 Å². The van der Waals surface area contributed by atoms with Gasteiger partial charge in [-0.3, -0.25) is 0 Å². The van der Waals surface area contributed by atoms with Crippen molar-refractivity contribution in [1.82, 2.24) is 15.5 Å². The summed E-state index contributed by atoms with van der Waals surface area (Å²) in [5.74, 6) is 0. The highest BCUT2D eigenvalue weighted by Crippen LogP contribution is 2.23. The predicted octanol–water partition coefficient (Wildman–Crippen LogP) is 2.50. The quantitative estimate of drug-likeness (QED) is 0.790. The fourth-order valence-electron chi connectivity index (χ4n) is 1.69. The van der Waals surface area contributed by atoms with Crippen LogP contribution in [0.5, 0.6) is 0 Å². The van der Waals surface area contributed by atoms with Gasteiger partial charge in [-0.15, -0.1) is 10.2 Å². The number of rotatable bonds is 7. The lowest BCUT2D eigenvalue weighted by Gasteiger charge is -1.99. The van der Waals surface area contributed by atoms with Gasteiger partial charge < -0.3 is 10.1 Å². The highest BCUT2D eigenvalue weighted by atomic mass is 32.1. The summed E-state index contributed by atoms with van der Waals surface area (Å²) < 4.78 is 4.98. The van der Waals surface area contributed by atoms with Gasteiger partial charge in [-0.05, 0) is 12.0 Å². The third-order valence-corrected chi connectivity index (χ3v) is 3.81. The van der Waals surface area contributed by atoms with E-state index in [2.05, 4.69) is 46.7 Å². The van der Waals surface area contributed by atoms with E-state index in [0.29, 0.717) is 6.61 Å². The van der Waals surface area contributed by atoms with Gasteiger partial charge in [0.25, 0.3) is 0 Å². The molecule has 2 aromatic rings. The number of methoxy groups -OCH3 is 1. The number of nitrogens with one attached hydrogen (secondary N) is 1. The molecule has 0 spiro atoms. The standard InChI is InChI=1S/C14H19N3OS/c1-3-11-4-6-12(7-5-11)14-17-16-13(19-14)10-15-8-9-18-2/h4-7,15H,3,8-10H2,1-2H3. The van der Waals surface area contributed by atoms with Crippen LogP contribution in [0.25, 0.3) is 10.6 Å². The first-order valence-electron chi connectivity index (χ1n) is 6.45. The molecule has 5 heteroatoms. The fourth-order valence-corrected chi connectivity index (χ4v) is 2.51. The van der Waals surface area contributed by atoms with Crippen molar-refractivity contribution in [3.8, 4) is 10.6 Å². The van der Waals surface area contributed by atoms with E-state index in [4.69, 9.17) is 4.74 Å². The molecule has 1 heterocycles. The zero-order chi connectivity index (χ0) is 13.5. The third kappa shape index (κ3) is 4.09. The summed E-state index contributed by atoms with van der Waals surface area (Å²) in [5, 5.41) is 13.7. The van der Waals surface area contributed by atoms with E-state index < -0.39 is 0 Å². The summed E-state index contributed by atoms with van der Waals surface area (Å²) >= 11 is 1.63. The highest BCUT2D eigenvalue weighted by Gasteiger charge is 2.06. The lowest BCUT2D eigenvalue weighted by Crippen LogP contribution is -2.18. The van der Waals surface area contributed by atoms with Crippen LogP contribution in [0.2, 0.25) is 0 Å². The van der Waals surface area contributed by atoms with Gasteiger partial charge in [0.1, 0.15) is 10.0 Å². The second-order valence-electron chi connectivity index (χ2n) is 4.22. The Bertz CT molecular complexity index is 496. The summed E-state index contributed by atoms with van der Waals surface area (Å²) in [4.78, 5) is 0. The number of hydrogen-bond donors (Lipinski definition) is 1. The minimum Gasteiger partial charge on any atom is -0.383 e. The minimum absolute atomic E-state index is 0.712. The number of aromatic nitrogens is 2. The van der Waals surface area contributed by atoms with Gasteiger partial charge in [-0.1, -0.05) is 42.5 Å². The molecule has 1 aromatic heterocycles. The molecule has 0 saturated carbocycles. The Labute approximate surface area is 117 Å². The topological polar surface area (TPSA) is 47.0 Å². The van der Waals surface area contributed by atoms with Crippen LogP contribution >= 0.6 is 11.3 Å². The molecule has 1 aromatic carbocycles. The molecule has 0 atom stereocenters. The van der Waals surface area contributed by atoms with Gasteiger partial charge in [0.15, 0.2) is 0 Å². The molecule has 0 aliphatic rings. The zero-order valence-corrected chi connectivity index (χ0v) is 12.2. The van der Waals surface area contributed by atoms with Crippen molar-refractivity contribution in [3.05, 3.63) is 34.8 Å². The maximum Gasteiger partial charge on any atom is 0.147 e. The van der Waals surface area contributed by atoms with Crippen molar-refractivity contribution < 1.29 is 4.74 Å². The maximum absolute atomic E-state index is 4.98. The van der Waals surface area contributed by atoms with E-state index in [1.807, 2.05) is 0 Å². The zero-order valence-electron chi connectivity index (χ0n) is 11.3. The molecule has 102 valence electrons. The van der Waals surface area contributed by atoms with E-state index in [1.54, 1.807) is 18.4 Å². The molecule has 0 radical (unpaired) electrons. The van der Waals surface area contributed by atoms with Crippen LogP contribution in [0, 0.1) is 0 Å². The van der Waals surface area contributed by atoms with Gasteiger partial charge in [0.2, 0.25) is 0 Å². The number of ether oxygens (including phenoxy) is 1. The Balaban J connectivity index is 1.95. The first-order chi connectivity index (χ1) is 9.33. The van der Waals surface area contributed by atoms with Crippen LogP contribution < -0.4 is 5.32 Å². The summed E-state index contributed by atoms with van der Waals surface area (Å²) in [6, 6.07) is 8.52. The SMILES string of the molecule is CCc1ccc(-c2nnc(CNCCOC)s2)cc1. The fraction of sp³-hybridized carbons (Fsp3) is 0.429. The van der Waals surface area contributed by atoms with Gasteiger partial charge in [-0.2, -0.15) is 0 Å². The van der Waals surface area contributed by atoms with Crippen molar-refractivity contribution in [1.29, 1.82) is 0 Å². The van der Waals surface area contributed by atoms with Crippen LogP contribution in [-0.2, 0) is 17.7 Å². The molecule has 0 aliphatic carbocycles. The molecule has 2 rings (SSSR count). The molecule has 0 amide bonds. The van der Waals surface area contributed by atoms with Gasteiger partial charge in [-0.25, -0.2) is 0 Å². The van der Waals surface area contributed by atoms with Crippen LogP contribution in [0.4, 0.5) is 0 Å². The van der Waals surface area contributed by atoms with Gasteiger partial charge in [0.05, 0.1) is 6.61 Å². The number of nitrogens with zero attached hydrogens (tertiary/aromatic N) is 2. The summed E-state index contributed by atoms with van der Waals surface area (Å²) in [5.41, 5.74) is 2.48. The molecule has 0 saturated heterocycles. The summed E-state index contributed by atoms with van der Waals surface area (Å²) in [6.07, 6.45) is 1.06. The Kier molecular flexibility index (Phi) is 5.44. The Morgan fingerprint density at radius 2 is 2.00 bits per heavy atom. The largest absolute Gasteiger partial charge is 0.383 e. The second kappa shape index (κ2) is 7.33. The van der Waals surface area contributed by atoms with E-state index in [9.17, 15) is 0 Å². The lowest BCUT2D eigenvalue weighted by molar-refractivity contribution is 0.199. The van der Waals surface area contributed by atoms with Crippen LogP contribution in [0.3, 0.4) is 0 Å². The Morgan fingerprint density at radius 3 is 2.68 bits per heavy atom. The first kappa shape index (κ1) is 14.1. The lowest BCUT2D eigenvalue weighted by atomic mass is 10.1. The smallest absolute Gasteiger partial charge is 0.147 e. The molecule has 1 N–H and O–H groups in total. The van der Waals surface area contributed by atoms with Gasteiger partial charge in [0, 0.05) is 25.8 Å². The van der Waals surface area contributed by atoms with Crippen molar-refractivity contribution in [3.63, 3.8) is 0 Å².